The van der Waals surface area contributed by atoms with Crippen LogP contribution in [-0.4, -0.2) is 33.1 Å². The van der Waals surface area contributed by atoms with Crippen LogP contribution in [0.1, 0.15) is 44.9 Å². The van der Waals surface area contributed by atoms with Crippen LogP contribution in [0.2, 0.25) is 0 Å². The first-order valence-electron chi connectivity index (χ1n) is 7.87. The van der Waals surface area contributed by atoms with Crippen molar-refractivity contribution in [2.24, 2.45) is 0 Å². The van der Waals surface area contributed by atoms with Gasteiger partial charge in [0.15, 0.2) is 11.0 Å². The predicted octanol–water partition coefficient (Wildman–Crippen LogP) is 4.20. The number of nitrogens with zero attached hydrogens (tertiary/aromatic N) is 3. The number of hydrogen-bond acceptors (Lipinski definition) is 6. The Bertz CT molecular complexity index is 650. The zero-order valence-electron chi connectivity index (χ0n) is 14.0. The summed E-state index contributed by atoms with van der Waals surface area (Å²) in [7, 11) is 0. The van der Waals surface area contributed by atoms with Crippen LogP contribution in [0.25, 0.3) is 11.4 Å². The van der Waals surface area contributed by atoms with E-state index in [1.54, 1.807) is 11.3 Å². The molecule has 0 amide bonds. The molecule has 0 spiro atoms. The highest BCUT2D eigenvalue weighted by atomic mass is 32.2. The second-order valence-electron chi connectivity index (χ2n) is 5.44. The van der Waals surface area contributed by atoms with Gasteiger partial charge in [0.2, 0.25) is 0 Å². The minimum atomic E-state index is -0.220. The lowest BCUT2D eigenvalue weighted by molar-refractivity contribution is -0.139. The second kappa shape index (κ2) is 8.49. The molecule has 0 saturated carbocycles. The maximum absolute atomic E-state index is 11.5. The number of ether oxygens (including phenoxy) is 1. The van der Waals surface area contributed by atoms with Gasteiger partial charge >= 0.3 is 5.97 Å². The summed E-state index contributed by atoms with van der Waals surface area (Å²) in [6.45, 7) is 9.54. The van der Waals surface area contributed by atoms with Gasteiger partial charge in [0.25, 0.3) is 0 Å². The van der Waals surface area contributed by atoms with Crippen LogP contribution in [0.15, 0.2) is 16.6 Å². The van der Waals surface area contributed by atoms with Gasteiger partial charge in [0, 0.05) is 22.4 Å². The summed E-state index contributed by atoms with van der Waals surface area (Å²) in [6, 6.07) is 2.19. The van der Waals surface area contributed by atoms with E-state index in [1.807, 2.05) is 6.92 Å². The lowest BCUT2D eigenvalue weighted by Gasteiger charge is -2.07. The first kappa shape index (κ1) is 18.0. The van der Waals surface area contributed by atoms with Crippen LogP contribution in [0, 0.1) is 0 Å². The van der Waals surface area contributed by atoms with E-state index in [2.05, 4.69) is 47.0 Å². The van der Waals surface area contributed by atoms with Crippen molar-refractivity contribution in [3.63, 3.8) is 0 Å². The minimum Gasteiger partial charge on any atom is -0.465 e. The summed E-state index contributed by atoms with van der Waals surface area (Å²) in [5.74, 6) is 1.43. The Labute approximate surface area is 145 Å². The number of thiophene rings is 1. The molecule has 0 N–H and O–H groups in total. The molecule has 23 heavy (non-hydrogen) atoms. The molecule has 0 atom stereocenters. The Morgan fingerprint density at radius 2 is 2.17 bits per heavy atom. The molecule has 0 unspecified atom stereocenters. The molecule has 5 nitrogen and oxygen atoms in total. The fourth-order valence-corrected chi connectivity index (χ4v) is 3.80. The van der Waals surface area contributed by atoms with Gasteiger partial charge in [-0.3, -0.25) is 4.79 Å². The van der Waals surface area contributed by atoms with Gasteiger partial charge in [-0.15, -0.1) is 21.5 Å². The SMILES string of the molecule is CCCn1c(SCC(=O)OCC)nnc1-c1csc(C(C)C)c1. The Kier molecular flexibility index (Phi) is 6.65. The standard InChI is InChI=1S/C16H23N3O2S2/c1-5-7-19-15(12-8-13(11(3)4)22-9-12)17-18-16(19)23-10-14(20)21-6-2/h8-9,11H,5-7,10H2,1-4H3. The molecule has 0 aliphatic rings. The van der Waals surface area contributed by atoms with Gasteiger partial charge in [-0.25, -0.2) is 0 Å². The van der Waals surface area contributed by atoms with E-state index in [0.717, 1.165) is 29.5 Å². The van der Waals surface area contributed by atoms with Crippen molar-refractivity contribution in [3.05, 3.63) is 16.3 Å². The molecule has 2 aromatic rings. The number of rotatable bonds is 8. The van der Waals surface area contributed by atoms with Crippen molar-refractivity contribution in [2.45, 2.75) is 51.7 Å². The predicted molar refractivity (Wildman–Crippen MR) is 95.1 cm³/mol. The molecule has 0 bridgehead atoms. The summed E-state index contributed by atoms with van der Waals surface area (Å²) < 4.78 is 7.06. The average molecular weight is 354 g/mol. The summed E-state index contributed by atoms with van der Waals surface area (Å²) in [6.07, 6.45) is 0.985. The van der Waals surface area contributed by atoms with E-state index in [0.29, 0.717) is 12.5 Å². The zero-order valence-corrected chi connectivity index (χ0v) is 15.7. The molecule has 7 heteroatoms. The van der Waals surface area contributed by atoms with Gasteiger partial charge in [0.1, 0.15) is 0 Å². The highest BCUT2D eigenvalue weighted by molar-refractivity contribution is 7.99. The van der Waals surface area contributed by atoms with Crippen LogP contribution in [0.3, 0.4) is 0 Å². The number of thioether (sulfide) groups is 1. The lowest BCUT2D eigenvalue weighted by Crippen LogP contribution is -2.08. The van der Waals surface area contributed by atoms with E-state index >= 15 is 0 Å². The molecular formula is C16H23N3O2S2. The number of carbonyl (C=O) groups is 1. The molecule has 2 rings (SSSR count). The topological polar surface area (TPSA) is 57.0 Å². The molecule has 0 radical (unpaired) electrons. The number of esters is 1. The van der Waals surface area contributed by atoms with E-state index in [4.69, 9.17) is 4.74 Å². The van der Waals surface area contributed by atoms with Crippen LogP contribution in [0.4, 0.5) is 0 Å². The normalized spacial score (nSPS) is 11.2. The molecule has 126 valence electrons. The molecule has 2 heterocycles. The lowest BCUT2D eigenvalue weighted by atomic mass is 10.1. The van der Waals surface area contributed by atoms with Crippen molar-refractivity contribution < 1.29 is 9.53 Å². The average Bonchev–Trinajstić information content (AvgIpc) is 3.13. The molecular weight excluding hydrogens is 330 g/mol. The third-order valence-electron chi connectivity index (χ3n) is 3.24. The van der Waals surface area contributed by atoms with Gasteiger partial charge < -0.3 is 9.30 Å². The number of carbonyl (C=O) groups excluding carboxylic acids is 1. The molecule has 0 aliphatic carbocycles. The second-order valence-corrected chi connectivity index (χ2v) is 7.33. The van der Waals surface area contributed by atoms with Gasteiger partial charge in [-0.05, 0) is 25.3 Å². The van der Waals surface area contributed by atoms with Gasteiger partial charge in [-0.1, -0.05) is 32.5 Å². The van der Waals surface area contributed by atoms with Gasteiger partial charge in [0.05, 0.1) is 12.4 Å². The Morgan fingerprint density at radius 3 is 2.78 bits per heavy atom. The monoisotopic (exact) mass is 353 g/mol. The fraction of sp³-hybridized carbons (Fsp3) is 0.562. The van der Waals surface area contributed by atoms with Crippen molar-refractivity contribution in [2.75, 3.05) is 12.4 Å². The molecule has 2 aromatic heterocycles. The van der Waals surface area contributed by atoms with Gasteiger partial charge in [-0.2, -0.15) is 0 Å². The fourth-order valence-electron chi connectivity index (χ4n) is 2.13. The first-order valence-corrected chi connectivity index (χ1v) is 9.73. The highest BCUT2D eigenvalue weighted by Gasteiger charge is 2.17. The molecule has 0 fully saturated rings. The van der Waals surface area contributed by atoms with Crippen molar-refractivity contribution in [1.82, 2.24) is 14.8 Å². The zero-order chi connectivity index (χ0) is 16.8. The van der Waals surface area contributed by atoms with Crippen LogP contribution in [0.5, 0.6) is 0 Å². The number of hydrogen-bond donors (Lipinski definition) is 0. The third kappa shape index (κ3) is 4.57. The summed E-state index contributed by atoms with van der Waals surface area (Å²) in [4.78, 5) is 12.9. The smallest absolute Gasteiger partial charge is 0.316 e. The minimum absolute atomic E-state index is 0.220. The quantitative estimate of drug-likeness (QED) is 0.526. The van der Waals surface area contributed by atoms with Crippen molar-refractivity contribution in [3.8, 4) is 11.4 Å². The summed E-state index contributed by atoms with van der Waals surface area (Å²) >= 11 is 3.13. The van der Waals surface area contributed by atoms with E-state index in [1.165, 1.54) is 16.6 Å². The summed E-state index contributed by atoms with van der Waals surface area (Å²) in [5, 5.41) is 11.5. The summed E-state index contributed by atoms with van der Waals surface area (Å²) in [5.41, 5.74) is 1.10. The molecule has 0 aliphatic heterocycles. The highest BCUT2D eigenvalue weighted by Crippen LogP contribution is 2.31. The first-order chi connectivity index (χ1) is 11.1. The van der Waals surface area contributed by atoms with Crippen molar-refractivity contribution in [1.29, 1.82) is 0 Å². The third-order valence-corrected chi connectivity index (χ3v) is 5.41. The Balaban J connectivity index is 2.21. The molecule has 0 aromatic carbocycles. The Hall–Kier alpha value is -1.34. The molecule has 0 saturated heterocycles. The maximum atomic E-state index is 11.5. The van der Waals surface area contributed by atoms with Crippen molar-refractivity contribution >= 4 is 29.1 Å². The van der Waals surface area contributed by atoms with Crippen LogP contribution < -0.4 is 0 Å². The largest absolute Gasteiger partial charge is 0.465 e. The maximum Gasteiger partial charge on any atom is 0.316 e. The van der Waals surface area contributed by atoms with E-state index < -0.39 is 0 Å². The van der Waals surface area contributed by atoms with E-state index in [-0.39, 0.29) is 11.7 Å². The van der Waals surface area contributed by atoms with Crippen LogP contribution >= 0.6 is 23.1 Å². The van der Waals surface area contributed by atoms with E-state index in [9.17, 15) is 4.79 Å². The van der Waals surface area contributed by atoms with Crippen LogP contribution in [-0.2, 0) is 16.1 Å². The Morgan fingerprint density at radius 1 is 1.39 bits per heavy atom. The number of aromatic nitrogens is 3.